The van der Waals surface area contributed by atoms with Crippen molar-refractivity contribution in [1.82, 2.24) is 0 Å². The van der Waals surface area contributed by atoms with Crippen molar-refractivity contribution in [2.75, 3.05) is 19.8 Å². The van der Waals surface area contributed by atoms with E-state index in [2.05, 4.69) is 6.58 Å². The van der Waals surface area contributed by atoms with Gasteiger partial charge in [0.25, 0.3) is 0 Å². The van der Waals surface area contributed by atoms with Gasteiger partial charge in [-0.1, -0.05) is 6.08 Å². The molecule has 0 spiro atoms. The summed E-state index contributed by atoms with van der Waals surface area (Å²) in [5, 5.41) is 0. The van der Waals surface area contributed by atoms with E-state index in [1.165, 1.54) is 19.3 Å². The number of hydrogen-bond donors (Lipinski definition) is 0. The highest BCUT2D eigenvalue weighted by Crippen LogP contribution is 2.38. The first-order valence-electron chi connectivity index (χ1n) is 6.84. The van der Waals surface area contributed by atoms with E-state index in [0.717, 1.165) is 26.2 Å². The van der Waals surface area contributed by atoms with E-state index in [0.29, 0.717) is 30.1 Å². The molecule has 3 heteroatoms. The molecule has 0 aliphatic carbocycles. The first kappa shape index (κ1) is 11.7. The lowest BCUT2D eigenvalue weighted by Crippen LogP contribution is -2.40. The van der Waals surface area contributed by atoms with Gasteiger partial charge >= 0.3 is 0 Å². The first-order chi connectivity index (χ1) is 8.38. The van der Waals surface area contributed by atoms with Crippen LogP contribution in [0.2, 0.25) is 0 Å². The van der Waals surface area contributed by atoms with Crippen molar-refractivity contribution in [3.05, 3.63) is 12.7 Å². The van der Waals surface area contributed by atoms with Crippen LogP contribution in [0.4, 0.5) is 0 Å². The number of hydrogen-bond acceptors (Lipinski definition) is 3. The molecule has 3 aliphatic heterocycles. The van der Waals surface area contributed by atoms with Gasteiger partial charge in [0.1, 0.15) is 0 Å². The second-order valence-corrected chi connectivity index (χ2v) is 5.47. The van der Waals surface area contributed by atoms with Gasteiger partial charge in [0, 0.05) is 18.4 Å². The highest BCUT2D eigenvalue weighted by atomic mass is 16.6. The van der Waals surface area contributed by atoms with Crippen LogP contribution in [0.15, 0.2) is 12.7 Å². The fraction of sp³-hybridized carbons (Fsp3) is 0.857. The molecule has 3 aliphatic rings. The van der Waals surface area contributed by atoms with Crippen LogP contribution in [0.25, 0.3) is 0 Å². The largest absolute Gasteiger partial charge is 0.381 e. The molecule has 3 rings (SSSR count). The Morgan fingerprint density at radius 3 is 2.82 bits per heavy atom. The summed E-state index contributed by atoms with van der Waals surface area (Å²) in [6, 6.07) is 0. The van der Waals surface area contributed by atoms with E-state index in [1.807, 2.05) is 6.08 Å². The summed E-state index contributed by atoms with van der Waals surface area (Å²) in [6.07, 6.45) is 7.57. The van der Waals surface area contributed by atoms with Crippen LogP contribution >= 0.6 is 0 Å². The van der Waals surface area contributed by atoms with Crippen molar-refractivity contribution in [2.45, 2.75) is 44.0 Å². The molecule has 0 bridgehead atoms. The summed E-state index contributed by atoms with van der Waals surface area (Å²) >= 11 is 0. The van der Waals surface area contributed by atoms with E-state index < -0.39 is 0 Å². The molecule has 0 saturated carbocycles. The Morgan fingerprint density at radius 2 is 2.06 bits per heavy atom. The predicted molar refractivity (Wildman–Crippen MR) is 64.9 cm³/mol. The van der Waals surface area contributed by atoms with Gasteiger partial charge in [-0.25, -0.2) is 0 Å². The maximum Gasteiger partial charge on any atom is 0.0865 e. The van der Waals surface area contributed by atoms with Crippen molar-refractivity contribution >= 4 is 0 Å². The topological polar surface area (TPSA) is 27.7 Å². The summed E-state index contributed by atoms with van der Waals surface area (Å²) in [4.78, 5) is 0. The molecule has 0 radical (unpaired) electrons. The molecule has 3 nitrogen and oxygen atoms in total. The van der Waals surface area contributed by atoms with Crippen LogP contribution in [0.5, 0.6) is 0 Å². The first-order valence-corrected chi connectivity index (χ1v) is 6.84. The van der Waals surface area contributed by atoms with Gasteiger partial charge in [-0.05, 0) is 25.7 Å². The maximum atomic E-state index is 6.23. The molecule has 5 atom stereocenters. The van der Waals surface area contributed by atoms with Crippen molar-refractivity contribution in [3.63, 3.8) is 0 Å². The second-order valence-electron chi connectivity index (χ2n) is 5.47. The molecule has 0 amide bonds. The zero-order valence-electron chi connectivity index (χ0n) is 10.3. The molecule has 0 aromatic carbocycles. The number of ether oxygens (including phenoxy) is 3. The highest BCUT2D eigenvalue weighted by molar-refractivity contribution is 4.93. The standard InChI is InChI=1S/C14H22O3/c1-2-3-13-11-4-5-12(10-6-7-15-8-10)17-14(11)9-16-13/h2,10-14H,1,3-9H2. The van der Waals surface area contributed by atoms with Crippen LogP contribution in [0, 0.1) is 11.8 Å². The summed E-state index contributed by atoms with van der Waals surface area (Å²) in [7, 11) is 0. The summed E-state index contributed by atoms with van der Waals surface area (Å²) in [5.41, 5.74) is 0. The predicted octanol–water partition coefficient (Wildman–Crippen LogP) is 2.16. The van der Waals surface area contributed by atoms with Crippen LogP contribution in [-0.2, 0) is 14.2 Å². The van der Waals surface area contributed by atoms with Crippen molar-refractivity contribution in [1.29, 1.82) is 0 Å². The Bertz CT molecular complexity index is 273. The van der Waals surface area contributed by atoms with Crippen molar-refractivity contribution in [3.8, 4) is 0 Å². The summed E-state index contributed by atoms with van der Waals surface area (Å²) in [6.45, 7) is 6.37. The SMILES string of the molecule is C=CCC1OCC2OC(C3CCOC3)CCC12. The van der Waals surface area contributed by atoms with Crippen LogP contribution in [-0.4, -0.2) is 38.1 Å². The lowest BCUT2D eigenvalue weighted by Gasteiger charge is -2.35. The van der Waals surface area contributed by atoms with E-state index in [-0.39, 0.29) is 0 Å². The highest BCUT2D eigenvalue weighted by Gasteiger charge is 2.43. The van der Waals surface area contributed by atoms with Gasteiger partial charge < -0.3 is 14.2 Å². The third-order valence-corrected chi connectivity index (χ3v) is 4.45. The van der Waals surface area contributed by atoms with Gasteiger partial charge in [0.05, 0.1) is 31.5 Å². The molecule has 96 valence electrons. The molecule has 3 saturated heterocycles. The zero-order valence-corrected chi connectivity index (χ0v) is 10.3. The fourth-order valence-electron chi connectivity index (χ4n) is 3.47. The molecule has 0 N–H and O–H groups in total. The Labute approximate surface area is 103 Å². The monoisotopic (exact) mass is 238 g/mol. The molecule has 0 aromatic rings. The smallest absolute Gasteiger partial charge is 0.0865 e. The fourth-order valence-corrected chi connectivity index (χ4v) is 3.47. The minimum atomic E-state index is 0.319. The second kappa shape index (κ2) is 5.09. The third kappa shape index (κ3) is 2.28. The Hall–Kier alpha value is -0.380. The van der Waals surface area contributed by atoms with E-state index in [4.69, 9.17) is 14.2 Å². The molecular weight excluding hydrogens is 216 g/mol. The van der Waals surface area contributed by atoms with Gasteiger partial charge in [0.15, 0.2) is 0 Å². The van der Waals surface area contributed by atoms with Crippen LogP contribution in [0.1, 0.15) is 25.7 Å². The van der Waals surface area contributed by atoms with Crippen LogP contribution in [0.3, 0.4) is 0 Å². The summed E-state index contributed by atoms with van der Waals surface area (Å²) in [5.74, 6) is 1.21. The Kier molecular flexibility index (Phi) is 3.50. The number of rotatable bonds is 3. The molecule has 17 heavy (non-hydrogen) atoms. The summed E-state index contributed by atoms with van der Waals surface area (Å²) < 4.78 is 17.5. The van der Waals surface area contributed by atoms with Crippen molar-refractivity contribution < 1.29 is 14.2 Å². The minimum absolute atomic E-state index is 0.319. The van der Waals surface area contributed by atoms with E-state index in [9.17, 15) is 0 Å². The normalized spacial score (nSPS) is 45.8. The molecular formula is C14H22O3. The molecule has 3 fully saturated rings. The van der Waals surface area contributed by atoms with Gasteiger partial charge in [-0.15, -0.1) is 6.58 Å². The van der Waals surface area contributed by atoms with E-state index >= 15 is 0 Å². The Balaban J connectivity index is 1.58. The lowest BCUT2D eigenvalue weighted by atomic mass is 9.84. The molecule has 5 unspecified atom stereocenters. The minimum Gasteiger partial charge on any atom is -0.381 e. The van der Waals surface area contributed by atoms with Gasteiger partial charge in [0.2, 0.25) is 0 Å². The van der Waals surface area contributed by atoms with Crippen molar-refractivity contribution in [2.24, 2.45) is 11.8 Å². The number of fused-ring (bicyclic) bond motifs is 1. The Morgan fingerprint density at radius 1 is 1.12 bits per heavy atom. The van der Waals surface area contributed by atoms with Crippen LogP contribution < -0.4 is 0 Å². The van der Waals surface area contributed by atoms with Gasteiger partial charge in [-0.2, -0.15) is 0 Å². The lowest BCUT2D eigenvalue weighted by molar-refractivity contribution is -0.0929. The zero-order chi connectivity index (χ0) is 11.7. The van der Waals surface area contributed by atoms with Gasteiger partial charge in [-0.3, -0.25) is 0 Å². The quantitative estimate of drug-likeness (QED) is 0.705. The van der Waals surface area contributed by atoms with E-state index in [1.54, 1.807) is 0 Å². The maximum absolute atomic E-state index is 6.23. The average Bonchev–Trinajstić information content (AvgIpc) is 2.98. The average molecular weight is 238 g/mol. The molecule has 3 heterocycles. The third-order valence-electron chi connectivity index (χ3n) is 4.45. The molecule has 0 aromatic heterocycles.